The minimum absolute atomic E-state index is 0.208. The fourth-order valence-electron chi connectivity index (χ4n) is 2.29. The molecule has 0 saturated carbocycles. The van der Waals surface area contributed by atoms with E-state index in [0.29, 0.717) is 28.1 Å². The van der Waals surface area contributed by atoms with Crippen molar-refractivity contribution in [2.45, 2.75) is 19.5 Å². The lowest BCUT2D eigenvalue weighted by molar-refractivity contribution is 0.237. The van der Waals surface area contributed by atoms with Crippen molar-refractivity contribution in [3.05, 3.63) is 57.6 Å². The maximum absolute atomic E-state index is 12.1. The third kappa shape index (κ3) is 5.18. The summed E-state index contributed by atoms with van der Waals surface area (Å²) in [7, 11) is 3.15. The van der Waals surface area contributed by atoms with Crippen molar-refractivity contribution in [2.75, 3.05) is 14.2 Å². The molecular weight excluding hydrogens is 363 g/mol. The maximum atomic E-state index is 12.1. The Bertz CT molecular complexity index is 753. The first-order valence-electron chi connectivity index (χ1n) is 7.64. The van der Waals surface area contributed by atoms with Gasteiger partial charge in [-0.3, -0.25) is 0 Å². The molecule has 134 valence electrons. The van der Waals surface area contributed by atoms with Gasteiger partial charge in [0.2, 0.25) is 0 Å². The molecule has 0 aliphatic rings. The smallest absolute Gasteiger partial charge is 0.315 e. The van der Waals surface area contributed by atoms with Gasteiger partial charge in [0.25, 0.3) is 0 Å². The minimum atomic E-state index is -0.298. The highest BCUT2D eigenvalue weighted by Crippen LogP contribution is 2.29. The standard InChI is InChI=1S/C18H20Cl2N2O3/c1-11(12-5-7-16(24-2)17(8-12)25-3)22-18(23)21-10-13-4-6-14(19)9-15(13)20/h4-9,11H,10H2,1-3H3,(H2,21,22,23). The Kier molecular flexibility index (Phi) is 6.79. The van der Waals surface area contributed by atoms with Gasteiger partial charge in [0.15, 0.2) is 11.5 Å². The molecule has 2 rings (SSSR count). The predicted molar refractivity (Wildman–Crippen MR) is 99.8 cm³/mol. The van der Waals surface area contributed by atoms with Crippen molar-refractivity contribution < 1.29 is 14.3 Å². The molecule has 0 spiro atoms. The second-order valence-corrected chi connectivity index (χ2v) is 6.24. The SMILES string of the molecule is COc1ccc(C(C)NC(=O)NCc2ccc(Cl)cc2Cl)cc1OC. The Labute approximate surface area is 157 Å². The zero-order valence-corrected chi connectivity index (χ0v) is 15.7. The third-order valence-corrected chi connectivity index (χ3v) is 4.30. The molecule has 2 amide bonds. The van der Waals surface area contributed by atoms with E-state index in [-0.39, 0.29) is 12.1 Å². The van der Waals surface area contributed by atoms with E-state index in [0.717, 1.165) is 11.1 Å². The van der Waals surface area contributed by atoms with Crippen molar-refractivity contribution in [3.63, 3.8) is 0 Å². The molecule has 7 heteroatoms. The molecule has 5 nitrogen and oxygen atoms in total. The molecule has 1 atom stereocenters. The van der Waals surface area contributed by atoms with E-state index in [1.807, 2.05) is 19.1 Å². The molecule has 0 aliphatic carbocycles. The second-order valence-electron chi connectivity index (χ2n) is 5.40. The molecule has 0 saturated heterocycles. The molecule has 2 aromatic carbocycles. The molecule has 0 bridgehead atoms. The van der Waals surface area contributed by atoms with Crippen molar-refractivity contribution >= 4 is 29.2 Å². The molecule has 0 heterocycles. The van der Waals surface area contributed by atoms with E-state index in [9.17, 15) is 4.79 Å². The van der Waals surface area contributed by atoms with Gasteiger partial charge < -0.3 is 20.1 Å². The van der Waals surface area contributed by atoms with Crippen LogP contribution in [0.25, 0.3) is 0 Å². The first-order chi connectivity index (χ1) is 11.9. The summed E-state index contributed by atoms with van der Waals surface area (Å²) in [6.45, 7) is 2.19. The lowest BCUT2D eigenvalue weighted by atomic mass is 10.1. The van der Waals surface area contributed by atoms with Gasteiger partial charge in [-0.15, -0.1) is 0 Å². The van der Waals surface area contributed by atoms with E-state index in [4.69, 9.17) is 32.7 Å². The summed E-state index contributed by atoms with van der Waals surface area (Å²) in [5.41, 5.74) is 1.69. The Morgan fingerprint density at radius 2 is 1.80 bits per heavy atom. The summed E-state index contributed by atoms with van der Waals surface area (Å²) in [6.07, 6.45) is 0. The van der Waals surface area contributed by atoms with Crippen LogP contribution in [0.5, 0.6) is 11.5 Å². The topological polar surface area (TPSA) is 59.6 Å². The van der Waals surface area contributed by atoms with Gasteiger partial charge in [0, 0.05) is 16.6 Å². The average Bonchev–Trinajstić information content (AvgIpc) is 2.60. The van der Waals surface area contributed by atoms with Crippen LogP contribution in [-0.4, -0.2) is 20.3 Å². The number of ether oxygens (including phenoxy) is 2. The number of halogens is 2. The number of urea groups is 1. The first-order valence-corrected chi connectivity index (χ1v) is 8.40. The van der Waals surface area contributed by atoms with E-state index in [1.54, 1.807) is 38.5 Å². The van der Waals surface area contributed by atoms with Gasteiger partial charge in [-0.25, -0.2) is 4.79 Å². The summed E-state index contributed by atoms with van der Waals surface area (Å²) in [5.74, 6) is 1.25. The number of carbonyl (C=O) groups excluding carboxylic acids is 1. The number of hydrogen-bond donors (Lipinski definition) is 2. The zero-order chi connectivity index (χ0) is 18.4. The molecular formula is C18H20Cl2N2O3. The molecule has 2 N–H and O–H groups in total. The van der Waals surface area contributed by atoms with Crippen LogP contribution in [0, 0.1) is 0 Å². The molecule has 0 aliphatic heterocycles. The monoisotopic (exact) mass is 382 g/mol. The lowest BCUT2D eigenvalue weighted by Gasteiger charge is -2.17. The van der Waals surface area contributed by atoms with Gasteiger partial charge in [-0.2, -0.15) is 0 Å². The number of amides is 2. The maximum Gasteiger partial charge on any atom is 0.315 e. The van der Waals surface area contributed by atoms with Crippen molar-refractivity contribution in [3.8, 4) is 11.5 Å². The van der Waals surface area contributed by atoms with Crippen LogP contribution in [0.15, 0.2) is 36.4 Å². The summed E-state index contributed by atoms with van der Waals surface area (Å²) in [5, 5.41) is 6.72. The number of methoxy groups -OCH3 is 2. The quantitative estimate of drug-likeness (QED) is 0.768. The van der Waals surface area contributed by atoms with Crippen LogP contribution in [0.2, 0.25) is 10.0 Å². The van der Waals surface area contributed by atoms with Crippen LogP contribution < -0.4 is 20.1 Å². The Hall–Kier alpha value is -2.11. The number of rotatable bonds is 6. The molecule has 0 aromatic heterocycles. The number of hydrogen-bond acceptors (Lipinski definition) is 3. The second kappa shape index (κ2) is 8.83. The zero-order valence-electron chi connectivity index (χ0n) is 14.2. The number of nitrogens with one attached hydrogen (secondary N) is 2. The van der Waals surface area contributed by atoms with E-state index < -0.39 is 0 Å². The van der Waals surface area contributed by atoms with Crippen LogP contribution in [0.3, 0.4) is 0 Å². The fraction of sp³-hybridized carbons (Fsp3) is 0.278. The van der Waals surface area contributed by atoms with Crippen molar-refractivity contribution in [1.29, 1.82) is 0 Å². The highest BCUT2D eigenvalue weighted by atomic mass is 35.5. The van der Waals surface area contributed by atoms with E-state index >= 15 is 0 Å². The van der Waals surface area contributed by atoms with Crippen molar-refractivity contribution in [1.82, 2.24) is 10.6 Å². The highest BCUT2D eigenvalue weighted by Gasteiger charge is 2.13. The largest absolute Gasteiger partial charge is 0.493 e. The summed E-state index contributed by atoms with van der Waals surface area (Å²) in [6, 6.07) is 10.2. The molecule has 25 heavy (non-hydrogen) atoms. The predicted octanol–water partition coefficient (Wildman–Crippen LogP) is 4.57. The van der Waals surface area contributed by atoms with Crippen LogP contribution >= 0.6 is 23.2 Å². The van der Waals surface area contributed by atoms with E-state index in [2.05, 4.69) is 10.6 Å². The van der Waals surface area contributed by atoms with Crippen LogP contribution in [0.4, 0.5) is 4.79 Å². The van der Waals surface area contributed by atoms with E-state index in [1.165, 1.54) is 0 Å². The van der Waals surface area contributed by atoms with Gasteiger partial charge in [0.1, 0.15) is 0 Å². The molecule has 0 radical (unpaired) electrons. The highest BCUT2D eigenvalue weighted by molar-refractivity contribution is 6.35. The molecule has 1 unspecified atom stereocenters. The summed E-state index contributed by atoms with van der Waals surface area (Å²) < 4.78 is 10.5. The fourth-order valence-corrected chi connectivity index (χ4v) is 2.77. The van der Waals surface area contributed by atoms with Crippen LogP contribution in [0.1, 0.15) is 24.1 Å². The summed E-state index contributed by atoms with van der Waals surface area (Å²) in [4.78, 5) is 12.1. The Morgan fingerprint density at radius 1 is 1.08 bits per heavy atom. The van der Waals surface area contributed by atoms with Crippen molar-refractivity contribution in [2.24, 2.45) is 0 Å². The Morgan fingerprint density at radius 3 is 2.44 bits per heavy atom. The Balaban J connectivity index is 1.95. The number of benzene rings is 2. The normalized spacial score (nSPS) is 11.6. The van der Waals surface area contributed by atoms with Crippen LogP contribution in [-0.2, 0) is 6.54 Å². The van der Waals surface area contributed by atoms with Gasteiger partial charge in [0.05, 0.1) is 20.3 Å². The average molecular weight is 383 g/mol. The first kappa shape index (κ1) is 19.2. The summed E-state index contributed by atoms with van der Waals surface area (Å²) >= 11 is 12.0. The number of carbonyl (C=O) groups is 1. The minimum Gasteiger partial charge on any atom is -0.493 e. The van der Waals surface area contributed by atoms with Gasteiger partial charge in [-0.1, -0.05) is 35.3 Å². The third-order valence-electron chi connectivity index (χ3n) is 3.71. The molecule has 0 fully saturated rings. The van der Waals surface area contributed by atoms with Gasteiger partial charge in [-0.05, 0) is 42.3 Å². The lowest BCUT2D eigenvalue weighted by Crippen LogP contribution is -2.36. The molecule has 2 aromatic rings. The van der Waals surface area contributed by atoms with Gasteiger partial charge >= 0.3 is 6.03 Å².